The zero-order valence-corrected chi connectivity index (χ0v) is 13.2. The van der Waals surface area contributed by atoms with Crippen molar-refractivity contribution in [2.24, 2.45) is 0 Å². The summed E-state index contributed by atoms with van der Waals surface area (Å²) in [6.45, 7) is 0.418. The summed E-state index contributed by atoms with van der Waals surface area (Å²) in [7, 11) is 0. The molecule has 2 rings (SSSR count). The first-order valence-corrected chi connectivity index (χ1v) is 7.63. The van der Waals surface area contributed by atoms with Gasteiger partial charge in [0, 0.05) is 24.8 Å². The van der Waals surface area contributed by atoms with Crippen LogP contribution in [-0.4, -0.2) is 24.3 Å². The molecule has 0 aliphatic rings. The second kappa shape index (κ2) is 8.50. The quantitative estimate of drug-likeness (QED) is 0.752. The van der Waals surface area contributed by atoms with Gasteiger partial charge in [-0.25, -0.2) is 9.18 Å². The molecular weight excluding hydrogens is 319 g/mol. The summed E-state index contributed by atoms with van der Waals surface area (Å²) in [6, 6.07) is 13.2. The van der Waals surface area contributed by atoms with Crippen molar-refractivity contribution in [3.05, 3.63) is 64.9 Å². The van der Waals surface area contributed by atoms with Gasteiger partial charge in [0.25, 0.3) is 0 Å². The van der Waals surface area contributed by atoms with E-state index in [1.807, 2.05) is 30.3 Å². The maximum absolute atomic E-state index is 13.1. The van der Waals surface area contributed by atoms with Gasteiger partial charge < -0.3 is 15.7 Å². The number of aliphatic hydroxyl groups excluding tert-OH is 1. The average molecular weight is 337 g/mol. The van der Waals surface area contributed by atoms with Crippen LogP contribution in [0.3, 0.4) is 0 Å². The molecule has 0 saturated heterocycles. The SMILES string of the molecule is O=C(NCC(CCO)c1ccccc1)Nc1ccc(F)c(Cl)c1. The molecule has 2 amide bonds. The van der Waals surface area contributed by atoms with Crippen LogP contribution in [0.2, 0.25) is 5.02 Å². The number of rotatable bonds is 6. The number of nitrogens with one attached hydrogen (secondary N) is 2. The highest BCUT2D eigenvalue weighted by molar-refractivity contribution is 6.31. The molecular formula is C17H18ClFN2O2. The van der Waals surface area contributed by atoms with Crippen molar-refractivity contribution < 1.29 is 14.3 Å². The standard InChI is InChI=1S/C17H18ClFN2O2/c18-15-10-14(6-7-16(15)19)21-17(23)20-11-13(8-9-22)12-4-2-1-3-5-12/h1-7,10,13,22H,8-9,11H2,(H2,20,21,23). The van der Waals surface area contributed by atoms with Gasteiger partial charge in [-0.3, -0.25) is 0 Å². The Hall–Kier alpha value is -2.11. The Bertz CT molecular complexity index is 652. The van der Waals surface area contributed by atoms with Crippen molar-refractivity contribution in [1.29, 1.82) is 0 Å². The molecule has 0 aliphatic heterocycles. The van der Waals surface area contributed by atoms with Crippen LogP contribution in [0.25, 0.3) is 0 Å². The van der Waals surface area contributed by atoms with Gasteiger partial charge in [0.15, 0.2) is 0 Å². The van der Waals surface area contributed by atoms with Gasteiger partial charge in [0.05, 0.1) is 5.02 Å². The van der Waals surface area contributed by atoms with Crippen LogP contribution < -0.4 is 10.6 Å². The van der Waals surface area contributed by atoms with E-state index >= 15 is 0 Å². The third-order valence-electron chi connectivity index (χ3n) is 3.44. The first-order chi connectivity index (χ1) is 11.1. The van der Waals surface area contributed by atoms with Gasteiger partial charge in [0.1, 0.15) is 5.82 Å². The van der Waals surface area contributed by atoms with E-state index in [0.29, 0.717) is 18.7 Å². The number of benzene rings is 2. The Morgan fingerprint density at radius 1 is 1.22 bits per heavy atom. The lowest BCUT2D eigenvalue weighted by molar-refractivity contribution is 0.248. The largest absolute Gasteiger partial charge is 0.396 e. The van der Waals surface area contributed by atoms with Gasteiger partial charge in [-0.05, 0) is 30.2 Å². The maximum atomic E-state index is 13.1. The van der Waals surface area contributed by atoms with Crippen LogP contribution in [0.5, 0.6) is 0 Å². The molecule has 1 atom stereocenters. The number of hydrogen-bond donors (Lipinski definition) is 3. The number of urea groups is 1. The Labute approximate surface area is 139 Å². The maximum Gasteiger partial charge on any atom is 0.319 e. The molecule has 1 unspecified atom stereocenters. The van der Waals surface area contributed by atoms with Gasteiger partial charge >= 0.3 is 6.03 Å². The highest BCUT2D eigenvalue weighted by Gasteiger charge is 2.12. The Kier molecular flexibility index (Phi) is 6.38. The number of aliphatic hydroxyl groups is 1. The summed E-state index contributed by atoms with van der Waals surface area (Å²) in [5, 5.41) is 14.5. The summed E-state index contributed by atoms with van der Waals surface area (Å²) in [5.41, 5.74) is 1.46. The zero-order valence-electron chi connectivity index (χ0n) is 12.4. The lowest BCUT2D eigenvalue weighted by Gasteiger charge is -2.17. The molecule has 3 N–H and O–H groups in total. The first-order valence-electron chi connectivity index (χ1n) is 7.26. The van der Waals surface area contributed by atoms with Crippen LogP contribution in [0.4, 0.5) is 14.9 Å². The van der Waals surface area contributed by atoms with E-state index in [4.69, 9.17) is 11.6 Å². The Morgan fingerprint density at radius 2 is 1.96 bits per heavy atom. The molecule has 0 radical (unpaired) electrons. The molecule has 4 nitrogen and oxygen atoms in total. The number of anilines is 1. The molecule has 0 spiro atoms. The molecule has 2 aromatic rings. The minimum absolute atomic E-state index is 0.0174. The number of carbonyl (C=O) groups excluding carboxylic acids is 1. The van der Waals surface area contributed by atoms with Crippen LogP contribution in [0.1, 0.15) is 17.9 Å². The highest BCUT2D eigenvalue weighted by atomic mass is 35.5. The predicted octanol–water partition coefficient (Wildman–Crippen LogP) is 3.77. The summed E-state index contributed by atoms with van der Waals surface area (Å²) >= 11 is 5.67. The van der Waals surface area contributed by atoms with Crippen LogP contribution in [0.15, 0.2) is 48.5 Å². The highest BCUT2D eigenvalue weighted by Crippen LogP contribution is 2.20. The van der Waals surface area contributed by atoms with E-state index in [1.54, 1.807) is 0 Å². The smallest absolute Gasteiger partial charge is 0.319 e. The zero-order chi connectivity index (χ0) is 16.7. The lowest BCUT2D eigenvalue weighted by atomic mass is 9.96. The molecule has 0 fully saturated rings. The Morgan fingerprint density at radius 3 is 2.61 bits per heavy atom. The van der Waals surface area contributed by atoms with Crippen LogP contribution in [-0.2, 0) is 0 Å². The lowest BCUT2D eigenvalue weighted by Crippen LogP contribution is -2.32. The summed E-state index contributed by atoms with van der Waals surface area (Å²) in [4.78, 5) is 11.9. The predicted molar refractivity (Wildman–Crippen MR) is 89.3 cm³/mol. The van der Waals surface area contributed by atoms with Crippen LogP contribution >= 0.6 is 11.6 Å². The van der Waals surface area contributed by atoms with Crippen molar-refractivity contribution in [3.63, 3.8) is 0 Å². The molecule has 23 heavy (non-hydrogen) atoms. The van der Waals surface area contributed by atoms with Gasteiger partial charge in [0.2, 0.25) is 0 Å². The fraction of sp³-hybridized carbons (Fsp3) is 0.235. The third kappa shape index (κ3) is 5.23. The second-order valence-electron chi connectivity index (χ2n) is 5.08. The van der Waals surface area contributed by atoms with Crippen molar-refractivity contribution in [2.45, 2.75) is 12.3 Å². The second-order valence-corrected chi connectivity index (χ2v) is 5.49. The number of carbonyl (C=O) groups is 1. The summed E-state index contributed by atoms with van der Waals surface area (Å²) in [5.74, 6) is -0.520. The molecule has 2 aromatic carbocycles. The van der Waals surface area contributed by atoms with Gasteiger partial charge in [-0.15, -0.1) is 0 Å². The molecule has 6 heteroatoms. The van der Waals surface area contributed by atoms with Crippen molar-refractivity contribution in [2.75, 3.05) is 18.5 Å². The minimum atomic E-state index is -0.537. The fourth-order valence-electron chi connectivity index (χ4n) is 2.23. The van der Waals surface area contributed by atoms with Gasteiger partial charge in [-0.2, -0.15) is 0 Å². The topological polar surface area (TPSA) is 61.4 Å². The van der Waals surface area contributed by atoms with Crippen molar-refractivity contribution in [1.82, 2.24) is 5.32 Å². The monoisotopic (exact) mass is 336 g/mol. The van der Waals surface area contributed by atoms with E-state index in [2.05, 4.69) is 10.6 Å². The average Bonchev–Trinajstić information content (AvgIpc) is 2.56. The molecule has 0 aromatic heterocycles. The molecule has 0 heterocycles. The van der Waals surface area contributed by atoms with Crippen molar-refractivity contribution >= 4 is 23.3 Å². The molecule has 0 saturated carbocycles. The van der Waals surface area contributed by atoms with Gasteiger partial charge in [-0.1, -0.05) is 41.9 Å². The first kappa shape index (κ1) is 17.2. The van der Waals surface area contributed by atoms with E-state index in [-0.39, 0.29) is 17.5 Å². The fourth-order valence-corrected chi connectivity index (χ4v) is 2.41. The number of hydrogen-bond acceptors (Lipinski definition) is 2. The Balaban J connectivity index is 1.92. The van der Waals surface area contributed by atoms with E-state index in [1.165, 1.54) is 18.2 Å². The molecule has 0 aliphatic carbocycles. The van der Waals surface area contributed by atoms with Crippen LogP contribution in [0, 0.1) is 5.82 Å². The summed E-state index contributed by atoms with van der Waals surface area (Å²) in [6.07, 6.45) is 0.548. The van der Waals surface area contributed by atoms with Crippen molar-refractivity contribution in [3.8, 4) is 0 Å². The van der Waals surface area contributed by atoms with E-state index < -0.39 is 11.8 Å². The number of halogens is 2. The third-order valence-corrected chi connectivity index (χ3v) is 3.72. The normalized spacial score (nSPS) is 11.8. The summed E-state index contributed by atoms with van der Waals surface area (Å²) < 4.78 is 13.1. The van der Waals surface area contributed by atoms with E-state index in [9.17, 15) is 14.3 Å². The number of amides is 2. The minimum Gasteiger partial charge on any atom is -0.396 e. The van der Waals surface area contributed by atoms with E-state index in [0.717, 1.165) is 5.56 Å². The molecule has 122 valence electrons. The molecule has 0 bridgehead atoms.